The maximum Gasteiger partial charge on any atom is 0.140 e. The second-order valence-electron chi connectivity index (χ2n) is 6.08. The Balaban J connectivity index is 1.78. The van der Waals surface area contributed by atoms with Gasteiger partial charge in [-0.25, -0.2) is 4.98 Å². The summed E-state index contributed by atoms with van der Waals surface area (Å²) in [4.78, 5) is 4.95. The summed E-state index contributed by atoms with van der Waals surface area (Å²) in [6.45, 7) is 0.804. The molecule has 0 N–H and O–H groups in total. The number of rotatable bonds is 4. The van der Waals surface area contributed by atoms with Crippen molar-refractivity contribution >= 4 is 45.2 Å². The van der Waals surface area contributed by atoms with Gasteiger partial charge < -0.3 is 4.57 Å². The van der Waals surface area contributed by atoms with Crippen molar-refractivity contribution in [2.45, 2.75) is 6.54 Å². The van der Waals surface area contributed by atoms with Gasteiger partial charge in [0, 0.05) is 31.0 Å². The molecule has 4 heteroatoms. The standard InChI is InChI=1S/C22H16I2N2/c23-19-10-6-16(7-11-19)14-26-15-21(17-4-2-1-3-5-17)25-22(26)18-8-12-20(24)13-9-18/h1-13,15H,14H2. The minimum Gasteiger partial charge on any atom is -0.326 e. The molecule has 2 nitrogen and oxygen atoms in total. The Labute approximate surface area is 180 Å². The molecule has 0 atom stereocenters. The first-order valence-electron chi connectivity index (χ1n) is 8.32. The van der Waals surface area contributed by atoms with Crippen LogP contribution in [-0.2, 0) is 6.54 Å². The van der Waals surface area contributed by atoms with Crippen LogP contribution in [0.4, 0.5) is 0 Å². The van der Waals surface area contributed by atoms with E-state index >= 15 is 0 Å². The zero-order valence-electron chi connectivity index (χ0n) is 13.9. The van der Waals surface area contributed by atoms with Crippen LogP contribution >= 0.6 is 45.2 Å². The molecule has 1 aromatic heterocycles. The Morgan fingerprint density at radius 3 is 1.96 bits per heavy atom. The van der Waals surface area contributed by atoms with Crippen molar-refractivity contribution in [2.24, 2.45) is 0 Å². The van der Waals surface area contributed by atoms with Gasteiger partial charge in [0.25, 0.3) is 0 Å². The molecule has 1 heterocycles. The molecular weight excluding hydrogens is 546 g/mol. The summed E-state index contributed by atoms with van der Waals surface area (Å²) in [5.74, 6) is 0.999. The van der Waals surface area contributed by atoms with Crippen molar-refractivity contribution in [2.75, 3.05) is 0 Å². The number of aromatic nitrogens is 2. The second kappa shape index (κ2) is 7.92. The van der Waals surface area contributed by atoms with Crippen molar-refractivity contribution < 1.29 is 0 Å². The Morgan fingerprint density at radius 1 is 0.692 bits per heavy atom. The van der Waals surface area contributed by atoms with E-state index < -0.39 is 0 Å². The molecule has 0 aliphatic carbocycles. The normalized spacial score (nSPS) is 10.8. The Hall–Kier alpha value is -1.67. The lowest BCUT2D eigenvalue weighted by atomic mass is 10.2. The predicted octanol–water partition coefficient (Wildman–Crippen LogP) is 6.47. The van der Waals surface area contributed by atoms with Crippen LogP contribution in [0.15, 0.2) is 85.1 Å². The van der Waals surface area contributed by atoms with Gasteiger partial charge in [0.2, 0.25) is 0 Å². The van der Waals surface area contributed by atoms with E-state index in [0.717, 1.165) is 29.2 Å². The minimum atomic E-state index is 0.804. The fraction of sp³-hybridized carbons (Fsp3) is 0.0455. The van der Waals surface area contributed by atoms with Crippen molar-refractivity contribution in [3.8, 4) is 22.6 Å². The average molecular weight is 562 g/mol. The lowest BCUT2D eigenvalue weighted by molar-refractivity contribution is 0.807. The van der Waals surface area contributed by atoms with Crippen molar-refractivity contribution in [3.05, 3.63) is 97.8 Å². The summed E-state index contributed by atoms with van der Waals surface area (Å²) >= 11 is 4.67. The molecule has 128 valence electrons. The van der Waals surface area contributed by atoms with Gasteiger partial charge in [-0.1, -0.05) is 54.6 Å². The molecule has 0 amide bonds. The summed E-state index contributed by atoms with van der Waals surface area (Å²) < 4.78 is 4.72. The van der Waals surface area contributed by atoms with E-state index in [2.05, 4.69) is 129 Å². The second-order valence-corrected chi connectivity index (χ2v) is 8.57. The van der Waals surface area contributed by atoms with E-state index in [4.69, 9.17) is 4.98 Å². The topological polar surface area (TPSA) is 17.8 Å². The highest BCUT2D eigenvalue weighted by atomic mass is 127. The van der Waals surface area contributed by atoms with Crippen LogP contribution in [0, 0.1) is 7.14 Å². The number of benzene rings is 3. The first-order valence-corrected chi connectivity index (χ1v) is 10.5. The van der Waals surface area contributed by atoms with Gasteiger partial charge in [-0.15, -0.1) is 0 Å². The van der Waals surface area contributed by atoms with E-state index in [0.29, 0.717) is 0 Å². The molecule has 0 fully saturated rings. The number of nitrogens with zero attached hydrogens (tertiary/aromatic N) is 2. The van der Waals surface area contributed by atoms with Crippen LogP contribution < -0.4 is 0 Å². The van der Waals surface area contributed by atoms with Crippen LogP contribution in [0.25, 0.3) is 22.6 Å². The van der Waals surface area contributed by atoms with E-state index in [9.17, 15) is 0 Å². The lowest BCUT2D eigenvalue weighted by Gasteiger charge is -2.08. The fourth-order valence-corrected chi connectivity index (χ4v) is 3.62. The Bertz CT molecular complexity index is 1000. The van der Waals surface area contributed by atoms with E-state index in [-0.39, 0.29) is 0 Å². The monoisotopic (exact) mass is 562 g/mol. The maximum atomic E-state index is 4.95. The molecule has 0 saturated heterocycles. The molecule has 0 aliphatic heterocycles. The Kier molecular flexibility index (Phi) is 5.40. The molecule has 0 aliphatic rings. The minimum absolute atomic E-state index is 0.804. The molecule has 26 heavy (non-hydrogen) atoms. The highest BCUT2D eigenvalue weighted by Gasteiger charge is 2.12. The molecule has 4 aromatic rings. The zero-order valence-corrected chi connectivity index (χ0v) is 18.3. The van der Waals surface area contributed by atoms with Gasteiger partial charge in [-0.3, -0.25) is 0 Å². The highest BCUT2D eigenvalue weighted by Crippen LogP contribution is 2.26. The van der Waals surface area contributed by atoms with Crippen molar-refractivity contribution in [1.29, 1.82) is 0 Å². The van der Waals surface area contributed by atoms with Gasteiger partial charge in [-0.05, 0) is 75.0 Å². The largest absolute Gasteiger partial charge is 0.326 e. The Morgan fingerprint density at radius 2 is 1.31 bits per heavy atom. The first-order chi connectivity index (χ1) is 12.7. The first kappa shape index (κ1) is 17.7. The molecule has 0 bridgehead atoms. The maximum absolute atomic E-state index is 4.95. The van der Waals surface area contributed by atoms with E-state index in [1.807, 2.05) is 6.07 Å². The van der Waals surface area contributed by atoms with Crippen molar-refractivity contribution in [3.63, 3.8) is 0 Å². The molecule has 3 aromatic carbocycles. The van der Waals surface area contributed by atoms with E-state index in [1.165, 1.54) is 12.7 Å². The van der Waals surface area contributed by atoms with E-state index in [1.54, 1.807) is 0 Å². The molecule has 0 spiro atoms. The van der Waals surface area contributed by atoms with Crippen molar-refractivity contribution in [1.82, 2.24) is 9.55 Å². The van der Waals surface area contributed by atoms with Gasteiger partial charge in [0.15, 0.2) is 0 Å². The van der Waals surface area contributed by atoms with Crippen LogP contribution in [0.3, 0.4) is 0 Å². The molecule has 0 unspecified atom stereocenters. The zero-order chi connectivity index (χ0) is 17.9. The van der Waals surface area contributed by atoms with Gasteiger partial charge in [-0.2, -0.15) is 0 Å². The third-order valence-corrected chi connectivity index (χ3v) is 5.65. The summed E-state index contributed by atoms with van der Waals surface area (Å²) in [6, 6.07) is 27.6. The summed E-state index contributed by atoms with van der Waals surface area (Å²) in [6.07, 6.45) is 2.15. The van der Waals surface area contributed by atoms with Crippen LogP contribution in [-0.4, -0.2) is 9.55 Å². The number of hydrogen-bond donors (Lipinski definition) is 0. The van der Waals surface area contributed by atoms with Crippen LogP contribution in [0.1, 0.15) is 5.56 Å². The summed E-state index contributed by atoms with van der Waals surface area (Å²) in [5, 5.41) is 0. The smallest absolute Gasteiger partial charge is 0.140 e. The highest BCUT2D eigenvalue weighted by molar-refractivity contribution is 14.1. The molecular formula is C22H16I2N2. The number of imidazole rings is 1. The van der Waals surface area contributed by atoms with Crippen LogP contribution in [0.2, 0.25) is 0 Å². The third-order valence-electron chi connectivity index (χ3n) is 4.21. The molecule has 0 radical (unpaired) electrons. The summed E-state index contributed by atoms with van der Waals surface area (Å²) in [7, 11) is 0. The van der Waals surface area contributed by atoms with Crippen LogP contribution in [0.5, 0.6) is 0 Å². The van der Waals surface area contributed by atoms with Gasteiger partial charge in [0.05, 0.1) is 5.69 Å². The number of hydrogen-bond acceptors (Lipinski definition) is 1. The molecule has 0 saturated carbocycles. The fourth-order valence-electron chi connectivity index (χ4n) is 2.90. The predicted molar refractivity (Wildman–Crippen MR) is 124 cm³/mol. The van der Waals surface area contributed by atoms with Gasteiger partial charge in [0.1, 0.15) is 5.82 Å². The molecule has 4 rings (SSSR count). The average Bonchev–Trinajstić information content (AvgIpc) is 3.09. The quantitative estimate of drug-likeness (QED) is 0.261. The van der Waals surface area contributed by atoms with Gasteiger partial charge >= 0.3 is 0 Å². The summed E-state index contributed by atoms with van der Waals surface area (Å²) in [5.41, 5.74) is 4.55. The third kappa shape index (κ3) is 4.01. The SMILES string of the molecule is Ic1ccc(Cn2cc(-c3ccccc3)nc2-c2ccc(I)cc2)cc1. The number of halogens is 2. The lowest BCUT2D eigenvalue weighted by Crippen LogP contribution is -2.01.